The van der Waals surface area contributed by atoms with Gasteiger partial charge in [0.2, 0.25) is 5.91 Å². The summed E-state index contributed by atoms with van der Waals surface area (Å²) in [6, 6.07) is 19.3. The Balaban J connectivity index is 1.60. The molecule has 3 rings (SSSR count). The smallest absolute Gasteiger partial charge is 0.217 e. The van der Waals surface area contributed by atoms with Gasteiger partial charge in [-0.05, 0) is 35.6 Å². The van der Waals surface area contributed by atoms with Crippen molar-refractivity contribution in [3.8, 4) is 0 Å². The van der Waals surface area contributed by atoms with Gasteiger partial charge in [-0.25, -0.2) is 0 Å². The third-order valence-electron chi connectivity index (χ3n) is 4.74. The SMILES string of the molecule is CC(=O)N[C@@H](C)c1ccc(C2=CCN(Cc3ccccc3)CC2)cc1. The average molecular weight is 334 g/mol. The highest BCUT2D eigenvalue weighted by molar-refractivity contribution is 5.73. The molecule has 1 aliphatic heterocycles. The van der Waals surface area contributed by atoms with Gasteiger partial charge in [0.15, 0.2) is 0 Å². The number of nitrogens with one attached hydrogen (secondary N) is 1. The number of rotatable bonds is 5. The minimum absolute atomic E-state index is 0.00470. The van der Waals surface area contributed by atoms with E-state index in [1.807, 2.05) is 6.92 Å². The van der Waals surface area contributed by atoms with Crippen molar-refractivity contribution < 1.29 is 4.79 Å². The number of hydrogen-bond donors (Lipinski definition) is 1. The summed E-state index contributed by atoms with van der Waals surface area (Å²) < 4.78 is 0. The van der Waals surface area contributed by atoms with Crippen LogP contribution in [0.2, 0.25) is 0 Å². The number of carbonyl (C=O) groups is 1. The molecule has 0 spiro atoms. The maximum atomic E-state index is 11.2. The predicted octanol–water partition coefficient (Wildman–Crippen LogP) is 4.17. The van der Waals surface area contributed by atoms with Crippen molar-refractivity contribution >= 4 is 11.5 Å². The van der Waals surface area contributed by atoms with E-state index in [9.17, 15) is 4.79 Å². The summed E-state index contributed by atoms with van der Waals surface area (Å²) in [5.74, 6) is 0.00470. The third kappa shape index (κ3) is 4.80. The monoisotopic (exact) mass is 334 g/mol. The molecule has 130 valence electrons. The lowest BCUT2D eigenvalue weighted by atomic mass is 9.97. The Morgan fingerprint density at radius 1 is 1.12 bits per heavy atom. The van der Waals surface area contributed by atoms with Crippen LogP contribution in [0.25, 0.3) is 5.57 Å². The van der Waals surface area contributed by atoms with Crippen LogP contribution in [0.3, 0.4) is 0 Å². The lowest BCUT2D eigenvalue weighted by molar-refractivity contribution is -0.119. The van der Waals surface area contributed by atoms with Crippen LogP contribution in [0.5, 0.6) is 0 Å². The molecule has 0 aliphatic carbocycles. The van der Waals surface area contributed by atoms with Gasteiger partial charge in [0.1, 0.15) is 0 Å². The topological polar surface area (TPSA) is 32.3 Å². The van der Waals surface area contributed by atoms with Crippen LogP contribution >= 0.6 is 0 Å². The van der Waals surface area contributed by atoms with Crippen LogP contribution in [0, 0.1) is 0 Å². The Morgan fingerprint density at radius 3 is 2.44 bits per heavy atom. The van der Waals surface area contributed by atoms with Crippen LogP contribution in [0.4, 0.5) is 0 Å². The van der Waals surface area contributed by atoms with Crippen LogP contribution in [-0.4, -0.2) is 23.9 Å². The Kier molecular flexibility index (Phi) is 5.67. The molecule has 1 aliphatic rings. The zero-order valence-corrected chi connectivity index (χ0v) is 15.0. The second-order valence-electron chi connectivity index (χ2n) is 6.74. The van der Waals surface area contributed by atoms with Gasteiger partial charge in [-0.15, -0.1) is 0 Å². The third-order valence-corrected chi connectivity index (χ3v) is 4.74. The molecular formula is C22H26N2O. The maximum Gasteiger partial charge on any atom is 0.217 e. The molecule has 3 heteroatoms. The van der Waals surface area contributed by atoms with Crippen molar-refractivity contribution in [2.24, 2.45) is 0 Å². The molecule has 0 saturated carbocycles. The normalized spacial score (nSPS) is 16.2. The number of benzene rings is 2. The van der Waals surface area contributed by atoms with Crippen molar-refractivity contribution in [1.82, 2.24) is 10.2 Å². The highest BCUT2D eigenvalue weighted by Gasteiger charge is 2.14. The summed E-state index contributed by atoms with van der Waals surface area (Å²) >= 11 is 0. The highest BCUT2D eigenvalue weighted by atomic mass is 16.1. The summed E-state index contributed by atoms with van der Waals surface area (Å²) in [6.45, 7) is 6.66. The van der Waals surface area contributed by atoms with E-state index in [0.29, 0.717) is 0 Å². The molecule has 2 aromatic rings. The number of hydrogen-bond acceptors (Lipinski definition) is 2. The zero-order chi connectivity index (χ0) is 17.6. The molecular weight excluding hydrogens is 308 g/mol. The molecule has 0 bridgehead atoms. The molecule has 1 heterocycles. The maximum absolute atomic E-state index is 11.2. The largest absolute Gasteiger partial charge is 0.350 e. The molecule has 0 fully saturated rings. The van der Waals surface area contributed by atoms with E-state index in [2.05, 4.69) is 70.9 Å². The quantitative estimate of drug-likeness (QED) is 0.890. The van der Waals surface area contributed by atoms with Crippen molar-refractivity contribution in [2.75, 3.05) is 13.1 Å². The van der Waals surface area contributed by atoms with Gasteiger partial charge in [-0.2, -0.15) is 0 Å². The lowest BCUT2D eigenvalue weighted by Gasteiger charge is -2.26. The zero-order valence-electron chi connectivity index (χ0n) is 15.0. The Morgan fingerprint density at radius 2 is 1.84 bits per heavy atom. The Bertz CT molecular complexity index is 734. The van der Waals surface area contributed by atoms with E-state index >= 15 is 0 Å². The fourth-order valence-electron chi connectivity index (χ4n) is 3.33. The summed E-state index contributed by atoms with van der Waals surface area (Å²) in [6.07, 6.45) is 3.42. The molecule has 3 nitrogen and oxygen atoms in total. The second-order valence-corrected chi connectivity index (χ2v) is 6.74. The molecule has 25 heavy (non-hydrogen) atoms. The van der Waals surface area contributed by atoms with Gasteiger partial charge in [0, 0.05) is 26.6 Å². The van der Waals surface area contributed by atoms with Crippen LogP contribution in [-0.2, 0) is 11.3 Å². The van der Waals surface area contributed by atoms with E-state index in [0.717, 1.165) is 31.6 Å². The van der Waals surface area contributed by atoms with Crippen molar-refractivity contribution in [3.05, 3.63) is 77.4 Å². The highest BCUT2D eigenvalue weighted by Crippen LogP contribution is 2.24. The molecule has 1 N–H and O–H groups in total. The van der Waals surface area contributed by atoms with Gasteiger partial charge < -0.3 is 5.32 Å². The first-order chi connectivity index (χ1) is 12.1. The first-order valence-corrected chi connectivity index (χ1v) is 8.94. The fourth-order valence-corrected chi connectivity index (χ4v) is 3.33. The average Bonchev–Trinajstić information content (AvgIpc) is 2.63. The minimum Gasteiger partial charge on any atom is -0.350 e. The molecule has 1 atom stereocenters. The van der Waals surface area contributed by atoms with Gasteiger partial charge >= 0.3 is 0 Å². The van der Waals surface area contributed by atoms with E-state index in [1.165, 1.54) is 16.7 Å². The molecule has 1 amide bonds. The van der Waals surface area contributed by atoms with Gasteiger partial charge in [0.25, 0.3) is 0 Å². The molecule has 2 aromatic carbocycles. The molecule has 0 saturated heterocycles. The first-order valence-electron chi connectivity index (χ1n) is 8.94. The molecule has 0 unspecified atom stereocenters. The summed E-state index contributed by atoms with van der Waals surface area (Å²) in [4.78, 5) is 13.7. The number of nitrogens with zero attached hydrogens (tertiary/aromatic N) is 1. The molecule has 0 aromatic heterocycles. The number of carbonyl (C=O) groups excluding carboxylic acids is 1. The van der Waals surface area contributed by atoms with E-state index in [1.54, 1.807) is 6.92 Å². The van der Waals surface area contributed by atoms with Crippen molar-refractivity contribution in [1.29, 1.82) is 0 Å². The fraction of sp³-hybridized carbons (Fsp3) is 0.318. The first kappa shape index (κ1) is 17.4. The van der Waals surface area contributed by atoms with Crippen molar-refractivity contribution in [3.63, 3.8) is 0 Å². The Hall–Kier alpha value is -2.39. The molecule has 0 radical (unpaired) electrons. The van der Waals surface area contributed by atoms with Gasteiger partial charge in [-0.1, -0.05) is 60.7 Å². The lowest BCUT2D eigenvalue weighted by Crippen LogP contribution is -2.28. The van der Waals surface area contributed by atoms with Crippen molar-refractivity contribution in [2.45, 2.75) is 32.9 Å². The standard InChI is InChI=1S/C22H26N2O/c1-17(23-18(2)25)20-8-10-21(11-9-20)22-12-14-24(15-13-22)16-19-6-4-3-5-7-19/h3-12,17H,13-16H2,1-2H3,(H,23,25)/t17-/m0/s1. The second kappa shape index (κ2) is 8.13. The van der Waals surface area contributed by atoms with Gasteiger partial charge in [0.05, 0.1) is 6.04 Å². The predicted molar refractivity (Wildman–Crippen MR) is 103 cm³/mol. The van der Waals surface area contributed by atoms with Crippen LogP contribution in [0.1, 0.15) is 43.0 Å². The van der Waals surface area contributed by atoms with E-state index < -0.39 is 0 Å². The van der Waals surface area contributed by atoms with Crippen LogP contribution < -0.4 is 5.32 Å². The van der Waals surface area contributed by atoms with Gasteiger partial charge in [-0.3, -0.25) is 9.69 Å². The van der Waals surface area contributed by atoms with Crippen LogP contribution in [0.15, 0.2) is 60.7 Å². The van der Waals surface area contributed by atoms with E-state index in [4.69, 9.17) is 0 Å². The Labute approximate surface area is 150 Å². The van der Waals surface area contributed by atoms with E-state index in [-0.39, 0.29) is 11.9 Å². The summed E-state index contributed by atoms with van der Waals surface area (Å²) in [7, 11) is 0. The minimum atomic E-state index is 0.00470. The summed E-state index contributed by atoms with van der Waals surface area (Å²) in [5, 5.41) is 2.93. The summed E-state index contributed by atoms with van der Waals surface area (Å²) in [5.41, 5.74) is 5.22. The number of amides is 1.